The van der Waals surface area contributed by atoms with Gasteiger partial charge in [-0.2, -0.15) is 0 Å². The van der Waals surface area contributed by atoms with Gasteiger partial charge < -0.3 is 5.73 Å². The second kappa shape index (κ2) is 5.89. The van der Waals surface area contributed by atoms with Crippen LogP contribution in [0, 0.1) is 11.8 Å². The van der Waals surface area contributed by atoms with Crippen molar-refractivity contribution >= 4 is 27.3 Å². The predicted octanol–water partition coefficient (Wildman–Crippen LogP) is 3.67. The van der Waals surface area contributed by atoms with Crippen molar-refractivity contribution in [3.05, 3.63) is 20.8 Å². The van der Waals surface area contributed by atoms with Crippen LogP contribution in [0.3, 0.4) is 0 Å². The van der Waals surface area contributed by atoms with Gasteiger partial charge in [-0.1, -0.05) is 13.8 Å². The molecule has 0 saturated carbocycles. The molecule has 0 saturated heterocycles. The molecule has 1 nitrogen and oxygen atoms in total. The van der Waals surface area contributed by atoms with Crippen molar-refractivity contribution in [1.29, 1.82) is 0 Å². The molecule has 3 heteroatoms. The van der Waals surface area contributed by atoms with E-state index < -0.39 is 0 Å². The van der Waals surface area contributed by atoms with E-state index in [4.69, 9.17) is 5.73 Å². The molecule has 14 heavy (non-hydrogen) atoms. The van der Waals surface area contributed by atoms with Crippen LogP contribution < -0.4 is 5.73 Å². The molecule has 1 unspecified atom stereocenters. The van der Waals surface area contributed by atoms with Crippen LogP contribution in [0.25, 0.3) is 0 Å². The third-order valence-electron chi connectivity index (χ3n) is 2.25. The average molecular weight is 276 g/mol. The first-order chi connectivity index (χ1) is 6.61. The minimum Gasteiger partial charge on any atom is -0.330 e. The summed E-state index contributed by atoms with van der Waals surface area (Å²) in [5, 5.41) is 2.14. The van der Waals surface area contributed by atoms with Gasteiger partial charge in [0.25, 0.3) is 0 Å². The van der Waals surface area contributed by atoms with Crippen molar-refractivity contribution in [2.75, 3.05) is 6.54 Å². The summed E-state index contributed by atoms with van der Waals surface area (Å²) in [7, 11) is 0. The van der Waals surface area contributed by atoms with Crippen LogP contribution in [0.15, 0.2) is 15.9 Å². The number of thiophene rings is 1. The van der Waals surface area contributed by atoms with E-state index in [-0.39, 0.29) is 0 Å². The van der Waals surface area contributed by atoms with E-state index in [1.807, 2.05) is 11.3 Å². The molecule has 0 aliphatic carbocycles. The highest BCUT2D eigenvalue weighted by atomic mass is 79.9. The highest BCUT2D eigenvalue weighted by Gasteiger charge is 2.11. The molecular formula is C11H18BrNS. The number of hydrogen-bond donors (Lipinski definition) is 1. The highest BCUT2D eigenvalue weighted by Crippen LogP contribution is 2.24. The van der Waals surface area contributed by atoms with E-state index in [9.17, 15) is 0 Å². The maximum absolute atomic E-state index is 5.77. The molecule has 1 aromatic heterocycles. The number of rotatable bonds is 5. The van der Waals surface area contributed by atoms with Gasteiger partial charge in [0, 0.05) is 14.7 Å². The molecule has 0 bridgehead atoms. The third kappa shape index (κ3) is 4.11. The SMILES string of the molecule is CC(C)CC(CN)Cc1cc(Br)cs1. The van der Waals surface area contributed by atoms with Crippen molar-refractivity contribution < 1.29 is 0 Å². The highest BCUT2D eigenvalue weighted by molar-refractivity contribution is 9.10. The van der Waals surface area contributed by atoms with E-state index >= 15 is 0 Å². The van der Waals surface area contributed by atoms with Gasteiger partial charge in [0.2, 0.25) is 0 Å². The Kier molecular flexibility index (Phi) is 5.13. The van der Waals surface area contributed by atoms with Crippen molar-refractivity contribution in [3.63, 3.8) is 0 Å². The van der Waals surface area contributed by atoms with Gasteiger partial charge in [0.05, 0.1) is 0 Å². The van der Waals surface area contributed by atoms with Crippen LogP contribution in [-0.4, -0.2) is 6.54 Å². The lowest BCUT2D eigenvalue weighted by molar-refractivity contribution is 0.417. The largest absolute Gasteiger partial charge is 0.330 e. The first-order valence-electron chi connectivity index (χ1n) is 5.04. The molecule has 0 aliphatic heterocycles. The zero-order chi connectivity index (χ0) is 10.6. The molecule has 1 rings (SSSR count). The Morgan fingerprint density at radius 3 is 2.64 bits per heavy atom. The van der Waals surface area contributed by atoms with E-state index in [0.29, 0.717) is 5.92 Å². The summed E-state index contributed by atoms with van der Waals surface area (Å²) in [6, 6.07) is 2.20. The zero-order valence-electron chi connectivity index (χ0n) is 8.79. The summed E-state index contributed by atoms with van der Waals surface area (Å²) in [6.45, 7) is 5.31. The first-order valence-corrected chi connectivity index (χ1v) is 6.72. The van der Waals surface area contributed by atoms with Crippen molar-refractivity contribution in [2.45, 2.75) is 26.7 Å². The van der Waals surface area contributed by atoms with Crippen LogP contribution in [0.5, 0.6) is 0 Å². The molecule has 0 aliphatic rings. The molecule has 2 N–H and O–H groups in total. The lowest BCUT2D eigenvalue weighted by Crippen LogP contribution is -2.18. The Bertz CT molecular complexity index is 270. The molecule has 0 radical (unpaired) electrons. The maximum Gasteiger partial charge on any atom is 0.0285 e. The fourth-order valence-electron chi connectivity index (χ4n) is 1.67. The Hall–Kier alpha value is 0.140. The lowest BCUT2D eigenvalue weighted by atomic mass is 9.94. The van der Waals surface area contributed by atoms with Gasteiger partial charge >= 0.3 is 0 Å². The minimum absolute atomic E-state index is 0.639. The predicted molar refractivity (Wildman–Crippen MR) is 67.7 cm³/mol. The van der Waals surface area contributed by atoms with Crippen LogP contribution in [0.4, 0.5) is 0 Å². The number of nitrogens with two attached hydrogens (primary N) is 1. The summed E-state index contributed by atoms with van der Waals surface area (Å²) in [4.78, 5) is 1.44. The molecule has 0 fully saturated rings. The summed E-state index contributed by atoms with van der Waals surface area (Å²) < 4.78 is 1.19. The van der Waals surface area contributed by atoms with Gasteiger partial charge in [-0.05, 0) is 53.2 Å². The Morgan fingerprint density at radius 1 is 1.50 bits per heavy atom. The molecule has 0 spiro atoms. The van der Waals surface area contributed by atoms with E-state index in [1.54, 1.807) is 0 Å². The van der Waals surface area contributed by atoms with E-state index in [2.05, 4.69) is 41.2 Å². The topological polar surface area (TPSA) is 26.0 Å². The van der Waals surface area contributed by atoms with Crippen LogP contribution in [0.1, 0.15) is 25.1 Å². The minimum atomic E-state index is 0.639. The molecule has 1 aromatic rings. The molecule has 0 aromatic carbocycles. The summed E-state index contributed by atoms with van der Waals surface area (Å²) >= 11 is 5.29. The van der Waals surface area contributed by atoms with Crippen molar-refractivity contribution in [1.82, 2.24) is 0 Å². The Morgan fingerprint density at radius 2 is 2.21 bits per heavy atom. The molecule has 1 heterocycles. The Balaban J connectivity index is 2.48. The van der Waals surface area contributed by atoms with Crippen molar-refractivity contribution in [2.24, 2.45) is 17.6 Å². The van der Waals surface area contributed by atoms with Gasteiger partial charge in [0.1, 0.15) is 0 Å². The normalized spacial score (nSPS) is 13.5. The molecule has 1 atom stereocenters. The molecular weight excluding hydrogens is 258 g/mol. The number of hydrogen-bond acceptors (Lipinski definition) is 2. The summed E-state index contributed by atoms with van der Waals surface area (Å²) in [5.74, 6) is 1.38. The fourth-order valence-corrected chi connectivity index (χ4v) is 3.24. The second-order valence-corrected chi connectivity index (χ2v) is 6.08. The fraction of sp³-hybridized carbons (Fsp3) is 0.636. The standard InChI is InChI=1S/C11H18BrNS/c1-8(2)3-9(6-13)4-11-5-10(12)7-14-11/h5,7-9H,3-4,6,13H2,1-2H3. The van der Waals surface area contributed by atoms with Crippen LogP contribution >= 0.6 is 27.3 Å². The van der Waals surface area contributed by atoms with Gasteiger partial charge in [0.15, 0.2) is 0 Å². The van der Waals surface area contributed by atoms with E-state index in [1.165, 1.54) is 15.8 Å². The van der Waals surface area contributed by atoms with Gasteiger partial charge in [-0.15, -0.1) is 11.3 Å². The first kappa shape index (κ1) is 12.2. The van der Waals surface area contributed by atoms with Gasteiger partial charge in [-0.3, -0.25) is 0 Å². The summed E-state index contributed by atoms with van der Waals surface area (Å²) in [6.07, 6.45) is 2.36. The number of halogens is 1. The second-order valence-electron chi connectivity index (χ2n) is 4.17. The van der Waals surface area contributed by atoms with Crippen LogP contribution in [-0.2, 0) is 6.42 Å². The average Bonchev–Trinajstić information content (AvgIpc) is 2.49. The molecule has 0 amide bonds. The maximum atomic E-state index is 5.77. The smallest absolute Gasteiger partial charge is 0.0285 e. The molecule has 80 valence electrons. The quantitative estimate of drug-likeness (QED) is 0.872. The van der Waals surface area contributed by atoms with Crippen LogP contribution in [0.2, 0.25) is 0 Å². The zero-order valence-corrected chi connectivity index (χ0v) is 11.2. The lowest BCUT2D eigenvalue weighted by Gasteiger charge is -2.15. The monoisotopic (exact) mass is 275 g/mol. The third-order valence-corrected chi connectivity index (χ3v) is 3.97. The van der Waals surface area contributed by atoms with E-state index in [0.717, 1.165) is 18.9 Å². The van der Waals surface area contributed by atoms with Gasteiger partial charge in [-0.25, -0.2) is 0 Å². The van der Waals surface area contributed by atoms with Crippen molar-refractivity contribution in [3.8, 4) is 0 Å². The Labute approximate surface area is 98.8 Å². The summed E-state index contributed by atoms with van der Waals surface area (Å²) in [5.41, 5.74) is 5.77.